The number of nitrogens with one attached hydrogen (secondary N) is 2. The summed E-state index contributed by atoms with van der Waals surface area (Å²) in [6, 6.07) is 12.0. The Labute approximate surface area is 228 Å². The number of aromatic nitrogens is 2. The summed E-state index contributed by atoms with van der Waals surface area (Å²) in [5.74, 6) is -1.24. The highest BCUT2D eigenvalue weighted by Gasteiger charge is 2.30. The third kappa shape index (κ3) is 7.50. The number of imidazole rings is 1. The molecule has 1 aliphatic heterocycles. The van der Waals surface area contributed by atoms with E-state index in [0.29, 0.717) is 18.7 Å². The number of rotatable bonds is 11. The largest absolute Gasteiger partial charge is 0.344 e. The van der Waals surface area contributed by atoms with E-state index in [1.807, 2.05) is 43.5 Å². The Bertz CT molecular complexity index is 1270. The van der Waals surface area contributed by atoms with E-state index in [4.69, 9.17) is 4.98 Å². The molecule has 208 valence electrons. The molecule has 2 amide bonds. The molecule has 7 nitrogen and oxygen atoms in total. The van der Waals surface area contributed by atoms with Crippen LogP contribution in [0.4, 0.5) is 14.6 Å². The molecule has 3 aromatic rings. The number of halogens is 2. The zero-order chi connectivity index (χ0) is 28.0. The first kappa shape index (κ1) is 28.4. The number of anilines is 1. The van der Waals surface area contributed by atoms with Gasteiger partial charge in [0.05, 0.1) is 12.0 Å². The Morgan fingerprint density at radius 1 is 1.05 bits per heavy atom. The van der Waals surface area contributed by atoms with Gasteiger partial charge in [-0.3, -0.25) is 9.59 Å². The van der Waals surface area contributed by atoms with Crippen LogP contribution in [0.15, 0.2) is 54.7 Å². The first-order valence-corrected chi connectivity index (χ1v) is 13.6. The van der Waals surface area contributed by atoms with Crippen LogP contribution in [0.25, 0.3) is 11.4 Å². The van der Waals surface area contributed by atoms with Crippen molar-refractivity contribution in [3.05, 3.63) is 71.9 Å². The molecule has 0 bridgehead atoms. The molecule has 1 fully saturated rings. The van der Waals surface area contributed by atoms with Crippen LogP contribution in [-0.4, -0.2) is 51.9 Å². The molecule has 0 radical (unpaired) electrons. The topological polar surface area (TPSA) is 79.3 Å². The minimum absolute atomic E-state index is 0.201. The molecular formula is C30H37F2N5O2. The predicted octanol–water partition coefficient (Wildman–Crippen LogP) is 5.13. The molecule has 2 heterocycles. The van der Waals surface area contributed by atoms with Crippen LogP contribution >= 0.6 is 0 Å². The number of hydrogen-bond acceptors (Lipinski definition) is 4. The van der Waals surface area contributed by atoms with Gasteiger partial charge < -0.3 is 20.1 Å². The quantitative estimate of drug-likeness (QED) is 0.356. The third-order valence-electron chi connectivity index (χ3n) is 6.97. The van der Waals surface area contributed by atoms with E-state index in [-0.39, 0.29) is 17.5 Å². The molecule has 1 aromatic heterocycles. The number of carbonyl (C=O) groups excluding carboxylic acids is 2. The average Bonchev–Trinajstić information content (AvgIpc) is 3.54. The van der Waals surface area contributed by atoms with Crippen molar-refractivity contribution < 1.29 is 18.4 Å². The summed E-state index contributed by atoms with van der Waals surface area (Å²) in [5, 5.41) is 5.61. The number of nitrogens with zero attached hydrogens (tertiary/aromatic N) is 3. The Balaban J connectivity index is 1.52. The standard InChI is InChI=1S/C30H37F2N5O2/c1-4-10-25(33-27(38)17-21-15-23(31)18-24(32)16-21)29(39)35-26-19-37(28(34-26)22-11-6-5-7-12-22)30(2,3)20-36-13-8-9-14-36/h5-7,11-12,15-16,18-19,25H,4,8-10,13-14,17,20H2,1-3H3,(H,33,38)(H,35,39). The zero-order valence-corrected chi connectivity index (χ0v) is 22.8. The van der Waals surface area contributed by atoms with Crippen LogP contribution < -0.4 is 10.6 Å². The molecule has 0 spiro atoms. The summed E-state index contributed by atoms with van der Waals surface area (Å²) in [6.45, 7) is 9.25. The highest BCUT2D eigenvalue weighted by atomic mass is 19.1. The Morgan fingerprint density at radius 2 is 1.72 bits per heavy atom. The van der Waals surface area contributed by atoms with Gasteiger partial charge in [0.2, 0.25) is 11.8 Å². The van der Waals surface area contributed by atoms with Gasteiger partial charge >= 0.3 is 0 Å². The maximum Gasteiger partial charge on any atom is 0.248 e. The summed E-state index contributed by atoms with van der Waals surface area (Å²) in [6.07, 6.45) is 5.08. The molecule has 9 heteroatoms. The average molecular weight is 538 g/mol. The second kappa shape index (κ2) is 12.5. The summed E-state index contributed by atoms with van der Waals surface area (Å²) in [5.41, 5.74) is 0.850. The normalized spacial score (nSPS) is 14.8. The van der Waals surface area contributed by atoms with E-state index in [1.165, 1.54) is 12.8 Å². The smallest absolute Gasteiger partial charge is 0.248 e. The van der Waals surface area contributed by atoms with Gasteiger partial charge in [-0.25, -0.2) is 13.8 Å². The number of likely N-dealkylation sites (tertiary alicyclic amines) is 1. The second-order valence-electron chi connectivity index (χ2n) is 10.8. The Kier molecular flexibility index (Phi) is 9.12. The highest BCUT2D eigenvalue weighted by Crippen LogP contribution is 2.29. The SMILES string of the molecule is CCCC(NC(=O)Cc1cc(F)cc(F)c1)C(=O)Nc1cn(C(C)(C)CN2CCCC2)c(-c2ccccc2)n1. The van der Waals surface area contributed by atoms with Crippen LogP contribution in [0.2, 0.25) is 0 Å². The summed E-state index contributed by atoms with van der Waals surface area (Å²) in [4.78, 5) is 33.2. The number of hydrogen-bond donors (Lipinski definition) is 2. The van der Waals surface area contributed by atoms with Gasteiger partial charge in [-0.15, -0.1) is 0 Å². The van der Waals surface area contributed by atoms with Gasteiger partial charge in [0.1, 0.15) is 23.5 Å². The van der Waals surface area contributed by atoms with Crippen LogP contribution in [-0.2, 0) is 21.5 Å². The molecule has 2 N–H and O–H groups in total. The van der Waals surface area contributed by atoms with Crippen molar-refractivity contribution in [3.63, 3.8) is 0 Å². The van der Waals surface area contributed by atoms with Gasteiger partial charge in [0.25, 0.3) is 0 Å². The molecule has 2 aromatic carbocycles. The number of carbonyl (C=O) groups is 2. The Morgan fingerprint density at radius 3 is 2.36 bits per heavy atom. The van der Waals surface area contributed by atoms with Gasteiger partial charge in [0, 0.05) is 24.4 Å². The molecule has 1 saturated heterocycles. The van der Waals surface area contributed by atoms with E-state index in [9.17, 15) is 18.4 Å². The third-order valence-corrected chi connectivity index (χ3v) is 6.97. The van der Waals surface area contributed by atoms with Crippen LogP contribution in [0.5, 0.6) is 0 Å². The van der Waals surface area contributed by atoms with E-state index < -0.39 is 29.5 Å². The van der Waals surface area contributed by atoms with Gasteiger partial charge in [0.15, 0.2) is 5.82 Å². The molecule has 1 unspecified atom stereocenters. The summed E-state index contributed by atoms with van der Waals surface area (Å²) in [7, 11) is 0. The van der Waals surface area contributed by atoms with Crippen LogP contribution in [0.3, 0.4) is 0 Å². The number of amides is 2. The lowest BCUT2D eigenvalue weighted by molar-refractivity contribution is -0.126. The fraction of sp³-hybridized carbons (Fsp3) is 0.433. The van der Waals surface area contributed by atoms with Crippen molar-refractivity contribution in [2.24, 2.45) is 0 Å². The fourth-order valence-corrected chi connectivity index (χ4v) is 5.17. The maximum atomic E-state index is 13.5. The van der Waals surface area contributed by atoms with Crippen molar-refractivity contribution in [1.29, 1.82) is 0 Å². The fourth-order valence-electron chi connectivity index (χ4n) is 5.17. The lowest BCUT2D eigenvalue weighted by Crippen LogP contribution is -2.44. The first-order valence-electron chi connectivity index (χ1n) is 13.6. The molecule has 0 saturated carbocycles. The molecule has 1 atom stereocenters. The van der Waals surface area contributed by atoms with Gasteiger partial charge in [-0.05, 0) is 63.9 Å². The molecule has 4 rings (SSSR count). The zero-order valence-electron chi connectivity index (χ0n) is 22.8. The maximum absolute atomic E-state index is 13.5. The van der Waals surface area contributed by atoms with Crippen molar-refractivity contribution in [2.75, 3.05) is 25.0 Å². The minimum atomic E-state index is -0.816. The van der Waals surface area contributed by atoms with E-state index in [1.54, 1.807) is 0 Å². The molecule has 39 heavy (non-hydrogen) atoms. The predicted molar refractivity (Wildman–Crippen MR) is 148 cm³/mol. The van der Waals surface area contributed by atoms with Crippen LogP contribution in [0.1, 0.15) is 52.0 Å². The molecular weight excluding hydrogens is 500 g/mol. The van der Waals surface area contributed by atoms with Crippen molar-refractivity contribution in [2.45, 2.75) is 64.5 Å². The van der Waals surface area contributed by atoms with E-state index >= 15 is 0 Å². The molecule has 0 aliphatic carbocycles. The monoisotopic (exact) mass is 537 g/mol. The highest BCUT2D eigenvalue weighted by molar-refractivity contribution is 5.97. The van der Waals surface area contributed by atoms with Crippen molar-refractivity contribution >= 4 is 17.6 Å². The lowest BCUT2D eigenvalue weighted by Gasteiger charge is -2.33. The van der Waals surface area contributed by atoms with Crippen molar-refractivity contribution in [3.8, 4) is 11.4 Å². The summed E-state index contributed by atoms with van der Waals surface area (Å²) >= 11 is 0. The van der Waals surface area contributed by atoms with E-state index in [0.717, 1.165) is 49.2 Å². The Hall–Kier alpha value is -3.59. The lowest BCUT2D eigenvalue weighted by atomic mass is 10.0. The molecule has 1 aliphatic rings. The van der Waals surface area contributed by atoms with Crippen LogP contribution in [0, 0.1) is 11.6 Å². The van der Waals surface area contributed by atoms with Gasteiger partial charge in [-0.1, -0.05) is 43.7 Å². The van der Waals surface area contributed by atoms with E-state index in [2.05, 4.69) is 33.9 Å². The van der Waals surface area contributed by atoms with Gasteiger partial charge in [-0.2, -0.15) is 0 Å². The second-order valence-corrected chi connectivity index (χ2v) is 10.8. The van der Waals surface area contributed by atoms with Crippen molar-refractivity contribution in [1.82, 2.24) is 19.8 Å². The number of benzene rings is 2. The minimum Gasteiger partial charge on any atom is -0.344 e. The summed E-state index contributed by atoms with van der Waals surface area (Å²) < 4.78 is 29.2. The first-order chi connectivity index (χ1) is 18.6.